The van der Waals surface area contributed by atoms with Gasteiger partial charge in [0.05, 0.1) is 24.9 Å². The largest absolute Gasteiger partial charge is 0.453 e. The number of carbonyl (C=O) groups excluding carboxylic acids is 4. The highest BCUT2D eigenvalue weighted by molar-refractivity contribution is 5.89. The Balaban J connectivity index is 1.42. The minimum Gasteiger partial charge on any atom is -0.453 e. The summed E-state index contributed by atoms with van der Waals surface area (Å²) in [5.41, 5.74) is 4.37. The number of aliphatic hydroxyl groups is 1. The zero-order chi connectivity index (χ0) is 43.6. The molecule has 4 aromatic rings. The number of nitrogens with one attached hydrogen (secondary N) is 3. The first-order valence-electron chi connectivity index (χ1n) is 20.7. The average Bonchev–Trinajstić information content (AvgIpc) is 3.54. The number of aryl methyl sites for hydroxylation is 1. The van der Waals surface area contributed by atoms with Crippen LogP contribution in [0, 0.1) is 17.8 Å². The van der Waals surface area contributed by atoms with Gasteiger partial charge in [0.25, 0.3) is 0 Å². The molecule has 1 aliphatic heterocycles. The van der Waals surface area contributed by atoms with Crippen molar-refractivity contribution in [2.75, 3.05) is 20.2 Å². The molecule has 0 saturated carbocycles. The highest BCUT2D eigenvalue weighted by Gasteiger charge is 2.44. The molecule has 5 rings (SSSR count). The molecular weight excluding hydrogens is 757 g/mol. The second-order valence-corrected chi connectivity index (χ2v) is 18.0. The maximum atomic E-state index is 14.6. The smallest absolute Gasteiger partial charge is 0.407 e. The van der Waals surface area contributed by atoms with Crippen LogP contribution in [0.2, 0.25) is 0 Å². The Labute approximate surface area is 355 Å². The summed E-state index contributed by atoms with van der Waals surface area (Å²) in [6, 6.07) is 27.8. The van der Waals surface area contributed by atoms with Gasteiger partial charge in [-0.1, -0.05) is 132 Å². The number of aromatic nitrogens is 1. The molecule has 1 aliphatic rings. The zero-order valence-corrected chi connectivity index (χ0v) is 36.3. The fourth-order valence-corrected chi connectivity index (χ4v) is 7.85. The first-order valence-corrected chi connectivity index (χ1v) is 20.7. The van der Waals surface area contributed by atoms with Gasteiger partial charge >= 0.3 is 12.1 Å². The number of urea groups is 1. The standard InChI is InChI=1S/C48H62N6O6/c1-32-15-14-18-35(27-32)31-53-25-26-54(46(53)59)42(48(5,6)7)44(57)51-39(29-33-16-10-9-11-17-33)40(55)30-37(50-43(56)41(47(2,3)4)52-45(58)60-8)28-34-20-22-36(23-21-34)38-19-12-13-24-49-38/h9-24,27,37,39-42,55H,25-26,28-31H2,1-8H3,(H,50,56)(H,51,57)(H,52,58)/t37-,39+,40+,41-,42-/m1/s1. The van der Waals surface area contributed by atoms with Gasteiger partial charge in [0, 0.05) is 37.4 Å². The van der Waals surface area contributed by atoms with E-state index in [4.69, 9.17) is 4.74 Å². The third-order valence-corrected chi connectivity index (χ3v) is 10.9. The predicted molar refractivity (Wildman–Crippen MR) is 234 cm³/mol. The molecule has 4 N–H and O–H groups in total. The number of hydrogen-bond acceptors (Lipinski definition) is 7. The van der Waals surface area contributed by atoms with Crippen molar-refractivity contribution in [2.24, 2.45) is 10.8 Å². The van der Waals surface area contributed by atoms with E-state index in [0.29, 0.717) is 32.5 Å². The molecule has 12 heteroatoms. The van der Waals surface area contributed by atoms with Crippen LogP contribution in [-0.4, -0.2) is 94.3 Å². The van der Waals surface area contributed by atoms with E-state index in [9.17, 15) is 24.3 Å². The second-order valence-electron chi connectivity index (χ2n) is 18.0. The molecule has 1 aromatic heterocycles. The number of hydrogen-bond donors (Lipinski definition) is 4. The van der Waals surface area contributed by atoms with Crippen molar-refractivity contribution >= 4 is 23.9 Å². The van der Waals surface area contributed by atoms with Gasteiger partial charge in [0.15, 0.2) is 0 Å². The number of nitrogens with zero attached hydrogens (tertiary/aromatic N) is 3. The van der Waals surface area contributed by atoms with E-state index < -0.39 is 53.1 Å². The zero-order valence-electron chi connectivity index (χ0n) is 36.3. The number of benzene rings is 3. The quantitative estimate of drug-likeness (QED) is 0.0984. The summed E-state index contributed by atoms with van der Waals surface area (Å²) >= 11 is 0. The monoisotopic (exact) mass is 818 g/mol. The van der Waals surface area contributed by atoms with Crippen molar-refractivity contribution in [1.82, 2.24) is 30.7 Å². The lowest BCUT2D eigenvalue weighted by Gasteiger charge is -2.38. The lowest BCUT2D eigenvalue weighted by molar-refractivity contribution is -0.131. The number of pyridine rings is 1. The Hall–Kier alpha value is -5.75. The summed E-state index contributed by atoms with van der Waals surface area (Å²) in [7, 11) is 1.24. The first-order chi connectivity index (χ1) is 28.4. The summed E-state index contributed by atoms with van der Waals surface area (Å²) in [6.45, 7) is 14.7. The highest BCUT2D eigenvalue weighted by atomic mass is 16.5. The van der Waals surface area contributed by atoms with Gasteiger partial charge < -0.3 is 35.6 Å². The number of ether oxygens (including phenoxy) is 1. The van der Waals surface area contributed by atoms with Gasteiger partial charge in [-0.2, -0.15) is 0 Å². The second kappa shape index (κ2) is 20.0. The van der Waals surface area contributed by atoms with Gasteiger partial charge in [0.2, 0.25) is 11.8 Å². The Morgan fingerprint density at radius 3 is 2.05 bits per heavy atom. The van der Waals surface area contributed by atoms with E-state index in [0.717, 1.165) is 33.5 Å². The predicted octanol–water partition coefficient (Wildman–Crippen LogP) is 6.69. The van der Waals surface area contributed by atoms with Gasteiger partial charge in [-0.15, -0.1) is 0 Å². The Morgan fingerprint density at radius 2 is 1.43 bits per heavy atom. The summed E-state index contributed by atoms with van der Waals surface area (Å²) in [4.78, 5) is 62.9. The molecule has 0 bridgehead atoms. The molecule has 12 nitrogen and oxygen atoms in total. The molecule has 5 amide bonds. The molecular formula is C48H62N6O6. The van der Waals surface area contributed by atoms with Crippen LogP contribution in [0.4, 0.5) is 9.59 Å². The fourth-order valence-electron chi connectivity index (χ4n) is 7.85. The maximum Gasteiger partial charge on any atom is 0.407 e. The van der Waals surface area contributed by atoms with Crippen LogP contribution < -0.4 is 16.0 Å². The summed E-state index contributed by atoms with van der Waals surface area (Å²) < 4.78 is 4.84. The number of amides is 5. The number of alkyl carbamates (subject to hydrolysis) is 1. The molecule has 1 fully saturated rings. The van der Waals surface area contributed by atoms with Crippen molar-refractivity contribution < 1.29 is 29.0 Å². The number of aliphatic hydroxyl groups excluding tert-OH is 1. The number of carbonyl (C=O) groups is 4. The molecule has 1 saturated heterocycles. The Kier molecular flexibility index (Phi) is 15.1. The van der Waals surface area contributed by atoms with Gasteiger partial charge in [0.1, 0.15) is 12.1 Å². The lowest BCUT2D eigenvalue weighted by atomic mass is 9.84. The number of rotatable bonds is 16. The van der Waals surface area contributed by atoms with Crippen molar-refractivity contribution in [2.45, 2.75) is 105 Å². The van der Waals surface area contributed by atoms with Crippen LogP contribution >= 0.6 is 0 Å². The Bertz CT molecular complexity index is 2050. The van der Waals surface area contributed by atoms with E-state index in [-0.39, 0.29) is 18.4 Å². The molecule has 2 heterocycles. The van der Waals surface area contributed by atoms with Gasteiger partial charge in [-0.25, -0.2) is 9.59 Å². The van der Waals surface area contributed by atoms with Crippen molar-refractivity contribution in [3.63, 3.8) is 0 Å². The SMILES string of the molecule is COC(=O)N[C@H](C(=O)N[C@H](Cc1ccc(-c2ccccn2)cc1)C[C@H](O)[C@H](Cc1ccccc1)NC(=O)[C@@H](N1CCN(Cc2cccc(C)c2)C1=O)C(C)(C)C)C(C)(C)C. The minimum atomic E-state index is -1.14. The molecule has 60 heavy (non-hydrogen) atoms. The third kappa shape index (κ3) is 12.4. The van der Waals surface area contributed by atoms with Gasteiger partial charge in [-0.05, 0) is 65.8 Å². The summed E-state index contributed by atoms with van der Waals surface area (Å²) in [5.74, 6) is -0.802. The third-order valence-electron chi connectivity index (χ3n) is 10.9. The average molecular weight is 819 g/mol. The lowest BCUT2D eigenvalue weighted by Crippen LogP contribution is -2.59. The summed E-state index contributed by atoms with van der Waals surface area (Å²) in [6.07, 6.45) is 0.570. The van der Waals surface area contributed by atoms with Crippen LogP contribution in [0.15, 0.2) is 103 Å². The van der Waals surface area contributed by atoms with Crippen LogP contribution in [-0.2, 0) is 33.7 Å². The van der Waals surface area contributed by atoms with E-state index in [2.05, 4.69) is 27.0 Å². The molecule has 3 aromatic carbocycles. The topological polar surface area (TPSA) is 153 Å². The number of methoxy groups -OCH3 is 1. The van der Waals surface area contributed by atoms with Crippen LogP contribution in [0.1, 0.15) is 70.2 Å². The van der Waals surface area contributed by atoms with E-state index in [1.54, 1.807) is 16.0 Å². The molecule has 5 atom stereocenters. The van der Waals surface area contributed by atoms with Crippen molar-refractivity contribution in [1.29, 1.82) is 0 Å². The maximum absolute atomic E-state index is 14.6. The van der Waals surface area contributed by atoms with Gasteiger partial charge in [-0.3, -0.25) is 14.6 Å². The molecule has 0 unspecified atom stereocenters. The molecule has 0 spiro atoms. The van der Waals surface area contributed by atoms with E-state index >= 15 is 0 Å². The fraction of sp³-hybridized carbons (Fsp3) is 0.438. The van der Waals surface area contributed by atoms with Crippen molar-refractivity contribution in [3.8, 4) is 11.3 Å². The molecule has 0 radical (unpaired) electrons. The summed E-state index contributed by atoms with van der Waals surface area (Å²) in [5, 5.41) is 21.2. The van der Waals surface area contributed by atoms with Crippen molar-refractivity contribution in [3.05, 3.63) is 126 Å². The molecule has 0 aliphatic carbocycles. The highest BCUT2D eigenvalue weighted by Crippen LogP contribution is 2.30. The normalized spacial score (nSPS) is 15.7. The first kappa shape index (κ1) is 45.3. The van der Waals surface area contributed by atoms with Crippen LogP contribution in [0.25, 0.3) is 11.3 Å². The Morgan fingerprint density at radius 1 is 0.767 bits per heavy atom. The minimum absolute atomic E-state index is 0.0632. The van der Waals surface area contributed by atoms with E-state index in [1.165, 1.54) is 7.11 Å². The van der Waals surface area contributed by atoms with Crippen LogP contribution in [0.3, 0.4) is 0 Å². The molecule has 320 valence electrons. The van der Waals surface area contributed by atoms with E-state index in [1.807, 2.05) is 139 Å². The van der Waals surface area contributed by atoms with Crippen LogP contribution in [0.5, 0.6) is 0 Å².